The Morgan fingerprint density at radius 1 is 0.978 bits per heavy atom. The number of urea groups is 1. The van der Waals surface area contributed by atoms with Crippen LogP contribution in [-0.4, -0.2) is 51.2 Å². The molecule has 6 aliphatic rings. The van der Waals surface area contributed by atoms with Gasteiger partial charge in [0.25, 0.3) is 0 Å². The van der Waals surface area contributed by atoms with Crippen LogP contribution in [0.3, 0.4) is 0 Å². The first-order valence-corrected chi connectivity index (χ1v) is 18.1. The second-order valence-corrected chi connectivity index (χ2v) is 17.3. The van der Waals surface area contributed by atoms with Gasteiger partial charge in [0.05, 0.1) is 23.1 Å². The number of benzene rings is 1. The van der Waals surface area contributed by atoms with E-state index >= 15 is 0 Å². The Hall–Kier alpha value is -2.74. The van der Waals surface area contributed by atoms with E-state index in [1.54, 1.807) is 16.2 Å². The van der Waals surface area contributed by atoms with Gasteiger partial charge in [0.1, 0.15) is 0 Å². The van der Waals surface area contributed by atoms with Crippen LogP contribution in [0.4, 0.5) is 4.79 Å². The monoisotopic (exact) mass is 642 g/mol. The Kier molecular flexibility index (Phi) is 7.54. The van der Waals surface area contributed by atoms with E-state index in [4.69, 9.17) is 0 Å². The minimum Gasteiger partial charge on any atom is -0.393 e. The molecule has 0 saturated heterocycles. The van der Waals surface area contributed by atoms with Gasteiger partial charge in [-0.2, -0.15) is 0 Å². The second kappa shape index (κ2) is 10.9. The number of fused-ring (bicyclic) bond motifs is 1. The van der Waals surface area contributed by atoms with Gasteiger partial charge in [0.2, 0.25) is 0 Å². The van der Waals surface area contributed by atoms with Crippen LogP contribution >= 0.6 is 11.3 Å². The smallest absolute Gasteiger partial charge is 0.317 e. The van der Waals surface area contributed by atoms with Crippen molar-refractivity contribution in [3.05, 3.63) is 81.6 Å². The molecule has 8 atom stereocenters. The molecule has 0 radical (unpaired) electrons. The number of nitrogens with one attached hydrogen (secondary N) is 1. The maximum Gasteiger partial charge on any atom is 0.317 e. The van der Waals surface area contributed by atoms with E-state index in [0.29, 0.717) is 19.4 Å². The van der Waals surface area contributed by atoms with E-state index in [1.165, 1.54) is 0 Å². The Bertz CT molecular complexity index is 1600. The lowest BCUT2D eigenvalue weighted by Gasteiger charge is -2.71. The predicted molar refractivity (Wildman–Crippen MR) is 182 cm³/mol. The van der Waals surface area contributed by atoms with Crippen molar-refractivity contribution in [2.24, 2.45) is 33.5 Å². The lowest BCUT2D eigenvalue weighted by atomic mass is 9.32. The fraction of sp³-hybridized carbons (Fsp3) is 0.590. The van der Waals surface area contributed by atoms with E-state index < -0.39 is 16.4 Å². The zero-order chi connectivity index (χ0) is 32.7. The first-order chi connectivity index (χ1) is 21.8. The SMILES string of the molecule is Cc1ccc(C(=O)C2=CC34C=CC25C(CCC2(C)C5CCC2(O)CN(Cc2ccccc2)C(=O)NC(C)C)C3(C)CCC(O)C4)s1. The number of carbonyl (C=O) groups excluding carboxylic acids is 2. The van der Waals surface area contributed by atoms with Crippen LogP contribution in [0.2, 0.25) is 0 Å². The number of thiophene rings is 1. The summed E-state index contributed by atoms with van der Waals surface area (Å²) in [6.07, 6.45) is 12.1. The van der Waals surface area contributed by atoms with E-state index in [2.05, 4.69) is 37.4 Å². The van der Waals surface area contributed by atoms with Crippen molar-refractivity contribution in [3.63, 3.8) is 0 Å². The highest BCUT2D eigenvalue weighted by Crippen LogP contribution is 2.78. The molecule has 2 amide bonds. The van der Waals surface area contributed by atoms with Gasteiger partial charge in [-0.3, -0.25) is 4.79 Å². The molecule has 6 aliphatic carbocycles. The van der Waals surface area contributed by atoms with E-state index in [-0.39, 0.29) is 53.2 Å². The summed E-state index contributed by atoms with van der Waals surface area (Å²) in [7, 11) is 0. The lowest BCUT2D eigenvalue weighted by molar-refractivity contribution is -0.174. The molecule has 3 saturated carbocycles. The number of Topliss-reactive ketones (excluding diaryl/α,β-unsaturated/α-hetero) is 1. The van der Waals surface area contributed by atoms with Crippen LogP contribution in [0.1, 0.15) is 92.8 Å². The number of nitrogens with zero attached hydrogens (tertiary/aromatic N) is 1. The Morgan fingerprint density at radius 3 is 2.37 bits per heavy atom. The van der Waals surface area contributed by atoms with Crippen molar-refractivity contribution in [1.29, 1.82) is 0 Å². The number of carbonyl (C=O) groups is 2. The van der Waals surface area contributed by atoms with Crippen LogP contribution in [0, 0.1) is 40.4 Å². The van der Waals surface area contributed by atoms with Crippen molar-refractivity contribution >= 4 is 23.2 Å². The normalized spacial score (nSPS) is 39.0. The average molecular weight is 643 g/mol. The van der Waals surface area contributed by atoms with Crippen LogP contribution in [0.15, 0.2) is 66.3 Å². The van der Waals surface area contributed by atoms with Crippen molar-refractivity contribution in [1.82, 2.24) is 10.2 Å². The molecule has 6 nitrogen and oxygen atoms in total. The summed E-state index contributed by atoms with van der Waals surface area (Å²) in [5.74, 6) is 0.396. The Balaban J connectivity index is 1.31. The molecule has 0 aliphatic heterocycles. The summed E-state index contributed by atoms with van der Waals surface area (Å²) in [5.41, 5.74) is -0.638. The first-order valence-electron chi connectivity index (χ1n) is 17.3. The molecular formula is C39H50N2O4S. The molecule has 8 rings (SSSR count). The van der Waals surface area contributed by atoms with Gasteiger partial charge in [-0.25, -0.2) is 4.79 Å². The average Bonchev–Trinajstić information content (AvgIpc) is 3.56. The molecule has 1 aromatic heterocycles. The number of aliphatic hydroxyl groups is 2. The largest absolute Gasteiger partial charge is 0.393 e. The fourth-order valence-electron chi connectivity index (χ4n) is 10.9. The molecule has 2 aromatic rings. The number of amides is 2. The van der Waals surface area contributed by atoms with Gasteiger partial charge >= 0.3 is 6.03 Å². The van der Waals surface area contributed by atoms with Crippen LogP contribution in [0.5, 0.6) is 0 Å². The molecule has 246 valence electrons. The summed E-state index contributed by atoms with van der Waals surface area (Å²) < 4.78 is 0. The maximum absolute atomic E-state index is 14.7. The van der Waals surface area contributed by atoms with E-state index in [0.717, 1.165) is 53.0 Å². The summed E-state index contributed by atoms with van der Waals surface area (Å²) in [5, 5.41) is 26.9. The molecule has 2 spiro atoms. The number of aryl methyl sites for hydroxylation is 1. The minimum atomic E-state index is -1.11. The molecule has 7 heteroatoms. The first kappa shape index (κ1) is 31.8. The van der Waals surface area contributed by atoms with Crippen LogP contribution in [-0.2, 0) is 6.54 Å². The summed E-state index contributed by atoms with van der Waals surface area (Å²) in [4.78, 5) is 32.0. The summed E-state index contributed by atoms with van der Waals surface area (Å²) in [6.45, 7) is 11.3. The third-order valence-electron chi connectivity index (χ3n) is 13.3. The van der Waals surface area contributed by atoms with Gasteiger partial charge in [0, 0.05) is 39.3 Å². The number of ketones is 1. The van der Waals surface area contributed by atoms with Crippen molar-refractivity contribution < 1.29 is 19.8 Å². The predicted octanol–water partition coefficient (Wildman–Crippen LogP) is 7.45. The Labute approximate surface area is 278 Å². The topological polar surface area (TPSA) is 89.9 Å². The van der Waals surface area contributed by atoms with Gasteiger partial charge in [-0.1, -0.05) is 62.4 Å². The highest BCUT2D eigenvalue weighted by Gasteiger charge is 2.74. The minimum absolute atomic E-state index is 0.0223. The second-order valence-electron chi connectivity index (χ2n) is 16.0. The van der Waals surface area contributed by atoms with Crippen molar-refractivity contribution in [2.75, 3.05) is 6.54 Å². The lowest BCUT2D eigenvalue weighted by Crippen LogP contribution is -2.67. The number of allylic oxidation sites excluding steroid dienone is 4. The molecule has 3 N–H and O–H groups in total. The van der Waals surface area contributed by atoms with Gasteiger partial charge in [-0.15, -0.1) is 11.3 Å². The van der Waals surface area contributed by atoms with Crippen LogP contribution < -0.4 is 5.32 Å². The number of aliphatic hydroxyl groups excluding tert-OH is 1. The van der Waals surface area contributed by atoms with Gasteiger partial charge < -0.3 is 20.4 Å². The third-order valence-corrected chi connectivity index (χ3v) is 14.3. The quantitative estimate of drug-likeness (QED) is 0.216. The van der Waals surface area contributed by atoms with E-state index in [9.17, 15) is 19.8 Å². The molecular weight excluding hydrogens is 593 g/mol. The molecule has 2 bridgehead atoms. The number of hydrogen-bond donors (Lipinski definition) is 3. The van der Waals surface area contributed by atoms with Crippen molar-refractivity contribution in [3.8, 4) is 0 Å². The maximum atomic E-state index is 14.7. The van der Waals surface area contributed by atoms with E-state index in [1.807, 2.05) is 63.2 Å². The zero-order valence-corrected chi connectivity index (χ0v) is 28.8. The standard InChI is InChI=1S/C39H50N2O4S/c1-25(2)40-34(44)41(23-27-9-7-6-8-10-27)24-38(45)18-15-32-36(38,5)17-14-31-35(4)16-13-28(42)21-37(35)19-20-39(31,32)29(22-37)33(43)30-12-11-26(3)46-30/h6-12,19-20,22,25,28,31-32,42,45H,13-18,21,23-24H2,1-5H3,(H,40,44). The molecule has 1 aromatic carbocycles. The fourth-order valence-corrected chi connectivity index (χ4v) is 11.8. The molecule has 1 heterocycles. The zero-order valence-electron chi connectivity index (χ0n) is 28.0. The molecule has 46 heavy (non-hydrogen) atoms. The molecule has 8 unspecified atom stereocenters. The van der Waals surface area contributed by atoms with Gasteiger partial charge in [-0.05, 0) is 101 Å². The number of hydrogen-bond acceptors (Lipinski definition) is 5. The summed E-state index contributed by atoms with van der Waals surface area (Å²) >= 11 is 1.56. The highest BCUT2D eigenvalue weighted by atomic mass is 32.1. The van der Waals surface area contributed by atoms with Crippen molar-refractivity contribution in [2.45, 2.75) is 104 Å². The summed E-state index contributed by atoms with van der Waals surface area (Å²) in [6, 6.07) is 13.8. The highest BCUT2D eigenvalue weighted by molar-refractivity contribution is 7.14. The van der Waals surface area contributed by atoms with Gasteiger partial charge in [0.15, 0.2) is 5.78 Å². The molecule has 3 fully saturated rings. The van der Waals surface area contributed by atoms with Crippen LogP contribution in [0.25, 0.3) is 0 Å². The Morgan fingerprint density at radius 2 is 1.67 bits per heavy atom. The number of rotatable bonds is 7. The third kappa shape index (κ3) is 4.47.